The van der Waals surface area contributed by atoms with E-state index in [9.17, 15) is 0 Å². The number of rotatable bonds is 5. The van der Waals surface area contributed by atoms with Crippen LogP contribution in [0, 0.1) is 5.92 Å². The molecule has 0 spiro atoms. The first-order valence-corrected chi connectivity index (χ1v) is 8.87. The molecule has 1 unspecified atom stereocenters. The lowest BCUT2D eigenvalue weighted by atomic mass is 9.82. The van der Waals surface area contributed by atoms with Gasteiger partial charge in [-0.1, -0.05) is 38.5 Å². The van der Waals surface area contributed by atoms with E-state index in [2.05, 4.69) is 22.4 Å². The molecule has 0 saturated heterocycles. The van der Waals surface area contributed by atoms with Gasteiger partial charge in [0.2, 0.25) is 0 Å². The Morgan fingerprint density at radius 3 is 2.43 bits per heavy atom. The minimum atomic E-state index is 0.389. The first-order valence-electron chi connectivity index (χ1n) is 8.87. The Labute approximate surface area is 128 Å². The van der Waals surface area contributed by atoms with Crippen molar-refractivity contribution in [1.82, 2.24) is 15.2 Å². The summed E-state index contributed by atoms with van der Waals surface area (Å²) in [5.41, 5.74) is 4.26. The van der Waals surface area contributed by atoms with Crippen molar-refractivity contribution in [3.05, 3.63) is 18.0 Å². The lowest BCUT2D eigenvalue weighted by Gasteiger charge is -2.29. The number of nitrogens with two attached hydrogens (primary N) is 1. The van der Waals surface area contributed by atoms with Crippen LogP contribution < -0.4 is 11.3 Å². The van der Waals surface area contributed by atoms with Crippen LogP contribution in [0.25, 0.3) is 0 Å². The smallest absolute Gasteiger partial charge is 0.0640 e. The van der Waals surface area contributed by atoms with E-state index in [1.54, 1.807) is 0 Å². The minimum absolute atomic E-state index is 0.389. The van der Waals surface area contributed by atoms with E-state index < -0.39 is 0 Å². The second kappa shape index (κ2) is 7.41. The van der Waals surface area contributed by atoms with E-state index in [1.807, 2.05) is 0 Å². The number of nitrogens with zero attached hydrogens (tertiary/aromatic N) is 2. The molecule has 2 fully saturated rings. The highest BCUT2D eigenvalue weighted by Crippen LogP contribution is 2.29. The Bertz CT molecular complexity index is 416. The number of nitrogens with one attached hydrogen (secondary N) is 1. The standard InChI is InChI=1S/C17H30N4/c18-19-17(14-7-3-1-4-8-14)13-15-11-12-21(20-15)16-9-5-2-6-10-16/h11-12,14,16-17,19H,1-10,13,18H2. The van der Waals surface area contributed by atoms with Crippen LogP contribution in [0.1, 0.15) is 75.9 Å². The second-order valence-corrected chi connectivity index (χ2v) is 6.95. The SMILES string of the molecule is NNC(Cc1ccn(C2CCCCC2)n1)C1CCCCC1. The minimum Gasteiger partial charge on any atom is -0.271 e. The van der Waals surface area contributed by atoms with Gasteiger partial charge in [0.15, 0.2) is 0 Å². The van der Waals surface area contributed by atoms with Crippen molar-refractivity contribution < 1.29 is 0 Å². The molecule has 3 N–H and O–H groups in total. The number of hydrazine groups is 1. The largest absolute Gasteiger partial charge is 0.271 e. The van der Waals surface area contributed by atoms with Crippen molar-refractivity contribution in [1.29, 1.82) is 0 Å². The summed E-state index contributed by atoms with van der Waals surface area (Å²) in [6.07, 6.45) is 16.6. The van der Waals surface area contributed by atoms with Crippen LogP contribution in [-0.2, 0) is 6.42 Å². The third kappa shape index (κ3) is 3.86. The van der Waals surface area contributed by atoms with Gasteiger partial charge in [-0.05, 0) is 37.7 Å². The van der Waals surface area contributed by atoms with Gasteiger partial charge in [0.25, 0.3) is 0 Å². The van der Waals surface area contributed by atoms with Gasteiger partial charge in [0.05, 0.1) is 11.7 Å². The van der Waals surface area contributed by atoms with E-state index in [0.717, 1.165) is 12.3 Å². The molecule has 4 heteroatoms. The quantitative estimate of drug-likeness (QED) is 0.646. The van der Waals surface area contributed by atoms with Crippen LogP contribution in [0.15, 0.2) is 12.3 Å². The van der Waals surface area contributed by atoms with Crippen LogP contribution in [0.4, 0.5) is 0 Å². The molecule has 2 aliphatic carbocycles. The first kappa shape index (κ1) is 15.0. The zero-order valence-electron chi connectivity index (χ0n) is 13.1. The fourth-order valence-electron chi connectivity index (χ4n) is 4.16. The molecule has 0 aliphatic heterocycles. The number of hydrogen-bond donors (Lipinski definition) is 2. The van der Waals surface area contributed by atoms with Gasteiger partial charge >= 0.3 is 0 Å². The van der Waals surface area contributed by atoms with Gasteiger partial charge in [-0.15, -0.1) is 0 Å². The predicted molar refractivity (Wildman–Crippen MR) is 85.7 cm³/mol. The van der Waals surface area contributed by atoms with Crippen molar-refractivity contribution in [3.63, 3.8) is 0 Å². The van der Waals surface area contributed by atoms with Gasteiger partial charge in [-0.3, -0.25) is 16.0 Å². The third-order valence-electron chi connectivity index (χ3n) is 5.47. The number of hydrogen-bond acceptors (Lipinski definition) is 3. The fraction of sp³-hybridized carbons (Fsp3) is 0.824. The summed E-state index contributed by atoms with van der Waals surface area (Å²) in [5.74, 6) is 6.54. The van der Waals surface area contributed by atoms with Crippen molar-refractivity contribution >= 4 is 0 Å². The average molecular weight is 290 g/mol. The van der Waals surface area contributed by atoms with E-state index in [0.29, 0.717) is 12.1 Å². The molecule has 0 aromatic carbocycles. The van der Waals surface area contributed by atoms with Crippen molar-refractivity contribution in [2.75, 3.05) is 0 Å². The molecule has 0 amide bonds. The summed E-state index contributed by atoms with van der Waals surface area (Å²) >= 11 is 0. The molecule has 0 bridgehead atoms. The van der Waals surface area contributed by atoms with Crippen molar-refractivity contribution in [3.8, 4) is 0 Å². The Morgan fingerprint density at radius 1 is 1.10 bits per heavy atom. The monoisotopic (exact) mass is 290 g/mol. The maximum Gasteiger partial charge on any atom is 0.0640 e. The lowest BCUT2D eigenvalue weighted by molar-refractivity contribution is 0.266. The summed E-state index contributed by atoms with van der Waals surface area (Å²) in [6, 6.07) is 3.22. The van der Waals surface area contributed by atoms with E-state index >= 15 is 0 Å². The molecule has 1 aromatic heterocycles. The first-order chi connectivity index (χ1) is 10.4. The Balaban J connectivity index is 1.59. The highest BCUT2D eigenvalue weighted by Gasteiger charge is 2.24. The third-order valence-corrected chi connectivity index (χ3v) is 5.47. The summed E-state index contributed by atoms with van der Waals surface area (Å²) in [6.45, 7) is 0. The molecule has 3 rings (SSSR count). The van der Waals surface area contributed by atoms with Crippen LogP contribution in [0.2, 0.25) is 0 Å². The van der Waals surface area contributed by atoms with Crippen LogP contribution >= 0.6 is 0 Å². The molecule has 0 radical (unpaired) electrons. The Morgan fingerprint density at radius 2 is 1.76 bits per heavy atom. The highest BCUT2D eigenvalue weighted by atomic mass is 15.3. The lowest BCUT2D eigenvalue weighted by Crippen LogP contribution is -2.43. The second-order valence-electron chi connectivity index (χ2n) is 6.95. The zero-order valence-corrected chi connectivity index (χ0v) is 13.1. The summed E-state index contributed by atoms with van der Waals surface area (Å²) in [5, 5.41) is 4.84. The van der Waals surface area contributed by atoms with E-state index in [1.165, 1.54) is 69.9 Å². The molecule has 1 atom stereocenters. The summed E-state index contributed by atoms with van der Waals surface area (Å²) in [7, 11) is 0. The predicted octanol–water partition coefficient (Wildman–Crippen LogP) is 3.34. The fourth-order valence-corrected chi connectivity index (χ4v) is 4.16. The van der Waals surface area contributed by atoms with E-state index in [4.69, 9.17) is 10.9 Å². The van der Waals surface area contributed by atoms with Crippen LogP contribution in [0.5, 0.6) is 0 Å². The zero-order chi connectivity index (χ0) is 14.5. The summed E-state index contributed by atoms with van der Waals surface area (Å²) in [4.78, 5) is 0. The van der Waals surface area contributed by atoms with E-state index in [-0.39, 0.29) is 0 Å². The topological polar surface area (TPSA) is 55.9 Å². The van der Waals surface area contributed by atoms with Gasteiger partial charge in [-0.25, -0.2) is 0 Å². The maximum absolute atomic E-state index is 5.82. The highest BCUT2D eigenvalue weighted by molar-refractivity contribution is 5.03. The molecule has 118 valence electrons. The normalized spacial score (nSPS) is 23.3. The Kier molecular flexibility index (Phi) is 5.31. The summed E-state index contributed by atoms with van der Waals surface area (Å²) < 4.78 is 2.21. The van der Waals surface area contributed by atoms with Gasteiger partial charge in [0.1, 0.15) is 0 Å². The van der Waals surface area contributed by atoms with Crippen molar-refractivity contribution in [2.24, 2.45) is 11.8 Å². The molecule has 21 heavy (non-hydrogen) atoms. The van der Waals surface area contributed by atoms with Gasteiger partial charge < -0.3 is 0 Å². The van der Waals surface area contributed by atoms with Gasteiger partial charge in [-0.2, -0.15) is 5.10 Å². The maximum atomic E-state index is 5.82. The number of aromatic nitrogens is 2. The molecule has 4 nitrogen and oxygen atoms in total. The van der Waals surface area contributed by atoms with Crippen molar-refractivity contribution in [2.45, 2.75) is 82.7 Å². The average Bonchev–Trinajstić information content (AvgIpc) is 3.03. The Hall–Kier alpha value is -0.870. The molecule has 1 aromatic rings. The molecule has 1 heterocycles. The molecular weight excluding hydrogens is 260 g/mol. The van der Waals surface area contributed by atoms with Crippen LogP contribution in [-0.4, -0.2) is 15.8 Å². The molecule has 2 aliphatic rings. The van der Waals surface area contributed by atoms with Crippen LogP contribution in [0.3, 0.4) is 0 Å². The van der Waals surface area contributed by atoms with Gasteiger partial charge in [0, 0.05) is 18.7 Å². The molecular formula is C17H30N4. The molecule has 2 saturated carbocycles.